The van der Waals surface area contributed by atoms with Gasteiger partial charge in [0.15, 0.2) is 11.1 Å². The van der Waals surface area contributed by atoms with Crippen LogP contribution in [-0.2, 0) is 20.6 Å². The fourth-order valence-corrected chi connectivity index (χ4v) is 0.768. The maximum Gasteiger partial charge on any atom is 0.334 e. The largest absolute Gasteiger partial charge is 0.466 e. The van der Waals surface area contributed by atoms with Crippen LogP contribution in [0.4, 0.5) is 0 Å². The van der Waals surface area contributed by atoms with Crippen molar-refractivity contribution in [2.45, 2.75) is 0 Å². The minimum absolute atomic E-state index is 0.00309. The molecule has 58 valence electrons. The first-order chi connectivity index (χ1) is 4.57. The van der Waals surface area contributed by atoms with Crippen molar-refractivity contribution in [1.82, 2.24) is 0 Å². The highest BCUT2D eigenvalue weighted by atomic mass is 32.2. The normalized spacial score (nSPS) is 12.2. The van der Waals surface area contributed by atoms with Crippen LogP contribution in [0.3, 0.4) is 0 Å². The van der Waals surface area contributed by atoms with Crippen molar-refractivity contribution in [2.24, 2.45) is 0 Å². The number of methoxy groups -OCH3 is 1. The summed E-state index contributed by atoms with van der Waals surface area (Å²) in [6.45, 7) is 3.24. The Morgan fingerprint density at radius 2 is 2.30 bits per heavy atom. The zero-order chi connectivity index (χ0) is 8.15. The van der Waals surface area contributed by atoms with E-state index in [1.54, 1.807) is 0 Å². The molecule has 0 aliphatic heterocycles. The van der Waals surface area contributed by atoms with Gasteiger partial charge in [-0.15, -0.1) is 0 Å². The van der Waals surface area contributed by atoms with Gasteiger partial charge in [-0.3, -0.25) is 0 Å². The maximum absolute atomic E-state index is 10.5. The summed E-state index contributed by atoms with van der Waals surface area (Å²) < 4.78 is 22.6. The molecule has 1 unspecified atom stereocenters. The van der Waals surface area contributed by atoms with Crippen molar-refractivity contribution < 1.29 is 18.3 Å². The molecule has 1 N–H and O–H groups in total. The van der Waals surface area contributed by atoms with Crippen LogP contribution in [0.15, 0.2) is 12.2 Å². The summed E-state index contributed by atoms with van der Waals surface area (Å²) in [5, 5.41) is 0. The minimum atomic E-state index is -2.02. The van der Waals surface area contributed by atoms with Gasteiger partial charge in [0.25, 0.3) is 0 Å². The van der Waals surface area contributed by atoms with Gasteiger partial charge < -0.3 is 9.29 Å². The van der Waals surface area contributed by atoms with E-state index in [1.165, 1.54) is 7.11 Å². The molecule has 0 radical (unpaired) electrons. The molecular formula is C5H8O4S. The lowest BCUT2D eigenvalue weighted by Crippen LogP contribution is -2.10. The smallest absolute Gasteiger partial charge is 0.334 e. The molecule has 5 heteroatoms. The van der Waals surface area contributed by atoms with E-state index in [4.69, 9.17) is 4.55 Å². The van der Waals surface area contributed by atoms with E-state index in [-0.39, 0.29) is 11.3 Å². The maximum atomic E-state index is 10.5. The van der Waals surface area contributed by atoms with Crippen molar-refractivity contribution in [1.29, 1.82) is 0 Å². The molecule has 0 saturated heterocycles. The predicted octanol–water partition coefficient (Wildman–Crippen LogP) is -0.0627. The molecule has 0 fully saturated rings. The van der Waals surface area contributed by atoms with Crippen LogP contribution >= 0.6 is 0 Å². The average Bonchev–Trinajstić information content (AvgIpc) is 1.85. The Bertz CT molecular complexity index is 174. The van der Waals surface area contributed by atoms with Crippen LogP contribution in [0.1, 0.15) is 0 Å². The summed E-state index contributed by atoms with van der Waals surface area (Å²) in [5.41, 5.74) is 0.00309. The molecule has 1 atom stereocenters. The molecule has 0 aliphatic rings. The van der Waals surface area contributed by atoms with Crippen LogP contribution in [0.5, 0.6) is 0 Å². The Labute approximate surface area is 61.2 Å². The molecule has 4 nitrogen and oxygen atoms in total. The molecule has 0 rings (SSSR count). The lowest BCUT2D eigenvalue weighted by atomic mass is 10.4. The number of ether oxygens (including phenoxy) is 1. The first-order valence-electron chi connectivity index (χ1n) is 2.41. The van der Waals surface area contributed by atoms with Gasteiger partial charge in [0, 0.05) is 5.57 Å². The van der Waals surface area contributed by atoms with E-state index in [0.29, 0.717) is 0 Å². The number of carbonyl (C=O) groups excluding carboxylic acids is 1. The monoisotopic (exact) mass is 164 g/mol. The van der Waals surface area contributed by atoms with Gasteiger partial charge in [-0.2, -0.15) is 0 Å². The highest BCUT2D eigenvalue weighted by molar-refractivity contribution is 7.79. The zero-order valence-corrected chi connectivity index (χ0v) is 6.31. The van der Waals surface area contributed by atoms with E-state index in [0.717, 1.165) is 0 Å². The van der Waals surface area contributed by atoms with Gasteiger partial charge in [0.05, 0.1) is 12.9 Å². The standard InChI is InChI=1S/C5H8O4S/c1-4(3-10(7)8)5(6)9-2/h1,3H2,2H3,(H,7,8). The lowest BCUT2D eigenvalue weighted by Gasteiger charge is -1.97. The van der Waals surface area contributed by atoms with Gasteiger partial charge in [-0.25, -0.2) is 9.00 Å². The van der Waals surface area contributed by atoms with E-state index >= 15 is 0 Å². The second-order valence-corrected chi connectivity index (χ2v) is 2.49. The Kier molecular flexibility index (Phi) is 3.90. The third kappa shape index (κ3) is 3.37. The second kappa shape index (κ2) is 4.19. The molecule has 0 saturated carbocycles. The van der Waals surface area contributed by atoms with Crippen LogP contribution in [-0.4, -0.2) is 27.6 Å². The molecule has 0 spiro atoms. The van der Waals surface area contributed by atoms with Gasteiger partial charge >= 0.3 is 5.97 Å². The molecule has 0 aliphatic carbocycles. The molecule has 0 aromatic carbocycles. The highest BCUT2D eigenvalue weighted by Gasteiger charge is 2.08. The summed E-state index contributed by atoms with van der Waals surface area (Å²) >= 11 is -2.02. The lowest BCUT2D eigenvalue weighted by molar-refractivity contribution is -0.135. The summed E-state index contributed by atoms with van der Waals surface area (Å²) in [7, 11) is 1.19. The van der Waals surface area contributed by atoms with E-state index < -0.39 is 17.0 Å². The van der Waals surface area contributed by atoms with Crippen molar-refractivity contribution in [3.05, 3.63) is 12.2 Å². The summed E-state index contributed by atoms with van der Waals surface area (Å²) in [6.07, 6.45) is 0. The van der Waals surface area contributed by atoms with Gasteiger partial charge in [0.2, 0.25) is 0 Å². The number of rotatable bonds is 3. The minimum Gasteiger partial charge on any atom is -0.466 e. The Morgan fingerprint density at radius 3 is 2.60 bits per heavy atom. The van der Waals surface area contributed by atoms with Crippen molar-refractivity contribution in [3.8, 4) is 0 Å². The van der Waals surface area contributed by atoms with Crippen LogP contribution < -0.4 is 0 Å². The second-order valence-electron chi connectivity index (χ2n) is 1.56. The third-order valence-electron chi connectivity index (χ3n) is 0.772. The number of carbonyl (C=O) groups is 1. The average molecular weight is 164 g/mol. The van der Waals surface area contributed by atoms with Crippen molar-refractivity contribution in [2.75, 3.05) is 12.9 Å². The van der Waals surface area contributed by atoms with Crippen LogP contribution in [0, 0.1) is 0 Å². The first-order valence-corrected chi connectivity index (χ1v) is 3.69. The zero-order valence-electron chi connectivity index (χ0n) is 5.49. The number of hydrogen-bond donors (Lipinski definition) is 1. The van der Waals surface area contributed by atoms with Gasteiger partial charge in [0.1, 0.15) is 0 Å². The van der Waals surface area contributed by atoms with Crippen molar-refractivity contribution >= 4 is 17.0 Å². The molecule has 0 heterocycles. The predicted molar refractivity (Wildman–Crippen MR) is 36.8 cm³/mol. The van der Waals surface area contributed by atoms with E-state index in [2.05, 4.69) is 11.3 Å². The summed E-state index contributed by atoms with van der Waals surface area (Å²) in [5.74, 6) is -0.908. The van der Waals surface area contributed by atoms with Gasteiger partial charge in [-0.1, -0.05) is 6.58 Å². The van der Waals surface area contributed by atoms with Crippen LogP contribution in [0.2, 0.25) is 0 Å². The number of esters is 1. The van der Waals surface area contributed by atoms with Crippen LogP contribution in [0.25, 0.3) is 0 Å². The molecule has 0 bridgehead atoms. The van der Waals surface area contributed by atoms with E-state index in [1.807, 2.05) is 0 Å². The molecule has 0 aromatic heterocycles. The Hall–Kier alpha value is -0.680. The SMILES string of the molecule is C=C(CS(=O)O)C(=O)OC. The topological polar surface area (TPSA) is 63.6 Å². The Morgan fingerprint density at radius 1 is 1.80 bits per heavy atom. The third-order valence-corrected chi connectivity index (χ3v) is 1.37. The first kappa shape index (κ1) is 9.32. The quantitative estimate of drug-likeness (QED) is 0.360. The van der Waals surface area contributed by atoms with Crippen molar-refractivity contribution in [3.63, 3.8) is 0 Å². The summed E-state index contributed by atoms with van der Waals surface area (Å²) in [4.78, 5) is 10.5. The molecule has 0 amide bonds. The fourth-order valence-electron chi connectivity index (χ4n) is 0.352. The molecular weight excluding hydrogens is 156 g/mol. The highest BCUT2D eigenvalue weighted by Crippen LogP contribution is 1.94. The number of hydrogen-bond acceptors (Lipinski definition) is 3. The van der Waals surface area contributed by atoms with E-state index in [9.17, 15) is 9.00 Å². The summed E-state index contributed by atoms with van der Waals surface area (Å²) in [6, 6.07) is 0. The fraction of sp³-hybridized carbons (Fsp3) is 0.400. The van der Waals surface area contributed by atoms with Gasteiger partial charge in [-0.05, 0) is 0 Å². The Balaban J connectivity index is 3.86. The molecule has 0 aromatic rings. The molecule has 10 heavy (non-hydrogen) atoms.